The molecule has 0 aliphatic rings. The zero-order valence-electron chi connectivity index (χ0n) is 20.1. The molecule has 0 atom stereocenters. The van der Waals surface area contributed by atoms with Crippen molar-refractivity contribution >= 4 is 41.0 Å². The van der Waals surface area contributed by atoms with Crippen LogP contribution in [0.25, 0.3) is 16.9 Å². The van der Waals surface area contributed by atoms with E-state index in [1.54, 1.807) is 33.8 Å². The fraction of sp³-hybridized carbons (Fsp3) is 0.346. The molecule has 0 fully saturated rings. The molecule has 7 nitrogen and oxygen atoms in total. The summed E-state index contributed by atoms with van der Waals surface area (Å²) in [5.74, 6) is 0.154. The van der Waals surface area contributed by atoms with Crippen molar-refractivity contribution in [2.75, 3.05) is 25.0 Å². The van der Waals surface area contributed by atoms with Crippen LogP contribution >= 0.6 is 23.2 Å². The topological polar surface area (TPSA) is 79.3 Å². The lowest BCUT2D eigenvalue weighted by Gasteiger charge is -2.22. The zero-order chi connectivity index (χ0) is 25.2. The van der Waals surface area contributed by atoms with E-state index in [1.165, 1.54) is 0 Å². The van der Waals surface area contributed by atoms with Crippen molar-refractivity contribution in [1.82, 2.24) is 20.0 Å². The van der Waals surface area contributed by atoms with Crippen molar-refractivity contribution < 1.29 is 9.59 Å². The van der Waals surface area contributed by atoms with E-state index in [2.05, 4.69) is 17.6 Å². The second-order valence-corrected chi connectivity index (χ2v) is 9.01. The van der Waals surface area contributed by atoms with Crippen molar-refractivity contribution in [3.05, 3.63) is 64.6 Å². The van der Waals surface area contributed by atoms with Gasteiger partial charge in [-0.15, -0.1) is 0 Å². The number of urea groups is 1. The summed E-state index contributed by atoms with van der Waals surface area (Å²) < 4.78 is 1.61. The van der Waals surface area contributed by atoms with Crippen LogP contribution in [0.2, 0.25) is 10.0 Å². The number of nitrogens with zero attached hydrogens (tertiary/aromatic N) is 3. The minimum Gasteiger partial charge on any atom is -0.338 e. The molecule has 0 spiro atoms. The summed E-state index contributed by atoms with van der Waals surface area (Å²) in [6.45, 7) is 5.14. The molecule has 3 rings (SSSR count). The molecule has 1 aromatic heterocycles. The first kappa shape index (κ1) is 26.6. The normalized spacial score (nSPS) is 10.7. The highest BCUT2D eigenvalue weighted by molar-refractivity contribution is 6.42. The highest BCUT2D eigenvalue weighted by Crippen LogP contribution is 2.29. The molecule has 3 aromatic rings. The molecule has 35 heavy (non-hydrogen) atoms. The van der Waals surface area contributed by atoms with Gasteiger partial charge in [0.05, 0.1) is 21.4 Å². The fourth-order valence-corrected chi connectivity index (χ4v) is 3.77. The number of nitrogens with one attached hydrogen (secondary N) is 2. The van der Waals surface area contributed by atoms with Gasteiger partial charge in [-0.1, -0.05) is 80.2 Å². The molecule has 0 saturated heterocycles. The molecule has 1 heterocycles. The van der Waals surface area contributed by atoms with E-state index >= 15 is 0 Å². The van der Waals surface area contributed by atoms with Crippen LogP contribution in [0.3, 0.4) is 0 Å². The monoisotopic (exact) mass is 515 g/mol. The molecule has 0 saturated carbocycles. The number of rotatable bonds is 11. The summed E-state index contributed by atoms with van der Waals surface area (Å²) in [6.07, 6.45) is 3.61. The predicted molar refractivity (Wildman–Crippen MR) is 142 cm³/mol. The largest absolute Gasteiger partial charge is 0.338 e. The number of hydrogen-bond donors (Lipinski definition) is 2. The molecule has 0 bridgehead atoms. The third kappa shape index (κ3) is 7.47. The van der Waals surface area contributed by atoms with Gasteiger partial charge in [-0.05, 0) is 31.0 Å². The van der Waals surface area contributed by atoms with E-state index in [4.69, 9.17) is 28.3 Å². The molecular weight excluding hydrogens is 485 g/mol. The number of amides is 3. The smallest absolute Gasteiger partial charge is 0.317 e. The van der Waals surface area contributed by atoms with Crippen molar-refractivity contribution in [2.24, 2.45) is 0 Å². The van der Waals surface area contributed by atoms with Crippen LogP contribution in [0.4, 0.5) is 10.6 Å². The molecule has 9 heteroatoms. The molecule has 2 aromatic carbocycles. The first-order chi connectivity index (χ1) is 16.9. The second-order valence-electron chi connectivity index (χ2n) is 8.20. The Morgan fingerprint density at radius 3 is 2.40 bits per heavy atom. The van der Waals surface area contributed by atoms with E-state index in [0.29, 0.717) is 40.3 Å². The van der Waals surface area contributed by atoms with Crippen LogP contribution in [-0.2, 0) is 4.79 Å². The van der Waals surface area contributed by atoms with Gasteiger partial charge in [0.25, 0.3) is 0 Å². The third-order valence-corrected chi connectivity index (χ3v) is 6.14. The number of anilines is 1. The molecule has 0 aliphatic carbocycles. The molecule has 186 valence electrons. The zero-order valence-corrected chi connectivity index (χ0v) is 21.6. The Labute approximate surface area is 216 Å². The second kappa shape index (κ2) is 13.2. The Morgan fingerprint density at radius 2 is 1.71 bits per heavy atom. The van der Waals surface area contributed by atoms with Crippen LogP contribution < -0.4 is 10.6 Å². The van der Waals surface area contributed by atoms with Gasteiger partial charge < -0.3 is 15.5 Å². The highest BCUT2D eigenvalue weighted by Gasteiger charge is 2.19. The van der Waals surface area contributed by atoms with Crippen LogP contribution in [0.1, 0.15) is 39.5 Å². The van der Waals surface area contributed by atoms with Crippen molar-refractivity contribution in [1.29, 1.82) is 0 Å². The maximum absolute atomic E-state index is 13.0. The van der Waals surface area contributed by atoms with Gasteiger partial charge in [0.2, 0.25) is 5.91 Å². The van der Waals surface area contributed by atoms with Gasteiger partial charge in [0.1, 0.15) is 12.4 Å². The van der Waals surface area contributed by atoms with Crippen molar-refractivity contribution in [3.8, 4) is 16.9 Å². The molecule has 2 N–H and O–H groups in total. The summed E-state index contributed by atoms with van der Waals surface area (Å²) in [7, 11) is 0. The SMILES string of the molecule is CCCCNC(=O)N(CCCC)CC(=O)Nc1cc(-c2ccccc2)nn1-c1ccc(Cl)c(Cl)c1. The average molecular weight is 516 g/mol. The fourth-order valence-electron chi connectivity index (χ4n) is 3.47. The van der Waals surface area contributed by atoms with E-state index in [1.807, 2.05) is 37.3 Å². The maximum atomic E-state index is 13.0. The Hall–Kier alpha value is -3.03. The lowest BCUT2D eigenvalue weighted by atomic mass is 10.1. The van der Waals surface area contributed by atoms with E-state index in [-0.39, 0.29) is 18.5 Å². The lowest BCUT2D eigenvalue weighted by Crippen LogP contribution is -2.44. The summed E-state index contributed by atoms with van der Waals surface area (Å²) in [5.41, 5.74) is 2.24. The van der Waals surface area contributed by atoms with E-state index < -0.39 is 0 Å². The van der Waals surface area contributed by atoms with Crippen LogP contribution in [0.15, 0.2) is 54.6 Å². The number of benzene rings is 2. The highest BCUT2D eigenvalue weighted by atomic mass is 35.5. The van der Waals surface area contributed by atoms with Gasteiger partial charge in [-0.3, -0.25) is 4.79 Å². The van der Waals surface area contributed by atoms with Gasteiger partial charge in [-0.2, -0.15) is 5.10 Å². The van der Waals surface area contributed by atoms with Crippen molar-refractivity contribution in [3.63, 3.8) is 0 Å². The number of unbranched alkanes of at least 4 members (excludes halogenated alkanes) is 2. The predicted octanol–water partition coefficient (Wildman–Crippen LogP) is 6.40. The van der Waals surface area contributed by atoms with E-state index in [0.717, 1.165) is 31.2 Å². The van der Waals surface area contributed by atoms with Gasteiger partial charge in [0.15, 0.2) is 0 Å². The first-order valence-corrected chi connectivity index (χ1v) is 12.6. The van der Waals surface area contributed by atoms with Gasteiger partial charge in [0, 0.05) is 24.7 Å². The summed E-state index contributed by atoms with van der Waals surface area (Å²) in [5, 5.41) is 11.3. The minimum absolute atomic E-state index is 0.0643. The molecule has 0 aliphatic heterocycles. The number of hydrogen-bond acceptors (Lipinski definition) is 3. The first-order valence-electron chi connectivity index (χ1n) is 11.9. The number of carbonyl (C=O) groups excluding carboxylic acids is 2. The van der Waals surface area contributed by atoms with Crippen molar-refractivity contribution in [2.45, 2.75) is 39.5 Å². The molecule has 0 radical (unpaired) electrons. The average Bonchev–Trinajstić information content (AvgIpc) is 3.27. The number of halogens is 2. The Bertz CT molecular complexity index is 1130. The van der Waals surface area contributed by atoms with Gasteiger partial charge >= 0.3 is 6.03 Å². The lowest BCUT2D eigenvalue weighted by molar-refractivity contribution is -0.116. The molecule has 3 amide bonds. The van der Waals surface area contributed by atoms with Crippen LogP contribution in [-0.4, -0.2) is 46.3 Å². The Balaban J connectivity index is 1.85. The standard InChI is InChI=1S/C26H31Cl2N5O2/c1-3-5-14-29-26(35)32(15-6-4-2)18-25(34)30-24-17-23(19-10-8-7-9-11-19)31-33(24)20-12-13-21(27)22(28)16-20/h7-13,16-17H,3-6,14-15,18H2,1-2H3,(H,29,35)(H,30,34). The molecule has 0 unspecified atom stereocenters. The maximum Gasteiger partial charge on any atom is 0.317 e. The van der Waals surface area contributed by atoms with E-state index in [9.17, 15) is 9.59 Å². The Kier molecular flexibility index (Phi) is 9.99. The quantitative estimate of drug-likeness (QED) is 0.290. The number of aromatic nitrogens is 2. The number of carbonyl (C=O) groups is 2. The Morgan fingerprint density at radius 1 is 0.971 bits per heavy atom. The van der Waals surface area contributed by atoms with Gasteiger partial charge in [-0.25, -0.2) is 9.48 Å². The summed E-state index contributed by atoms with van der Waals surface area (Å²) in [4.78, 5) is 27.2. The summed E-state index contributed by atoms with van der Waals surface area (Å²) >= 11 is 12.3. The van der Waals surface area contributed by atoms with Crippen LogP contribution in [0, 0.1) is 0 Å². The van der Waals surface area contributed by atoms with Crippen LogP contribution in [0.5, 0.6) is 0 Å². The minimum atomic E-state index is -0.312. The third-order valence-electron chi connectivity index (χ3n) is 5.40. The molecular formula is C26H31Cl2N5O2. The summed E-state index contributed by atoms with van der Waals surface area (Å²) in [6, 6.07) is 16.4.